The van der Waals surface area contributed by atoms with Crippen LogP contribution in [-0.4, -0.2) is 37.6 Å². The Morgan fingerprint density at radius 3 is 2.37 bits per heavy atom. The minimum atomic E-state index is -4.93. The van der Waals surface area contributed by atoms with Crippen LogP contribution in [0.1, 0.15) is 17.5 Å². The number of hydrogen-bond acceptors (Lipinski definition) is 6. The molecule has 0 spiro atoms. The van der Waals surface area contributed by atoms with E-state index >= 15 is 0 Å². The monoisotopic (exact) mass is 498 g/mol. The zero-order chi connectivity index (χ0) is 25.8. The molecule has 3 rings (SSSR count). The largest absolute Gasteiger partial charge is 0.491 e. The molecule has 0 aliphatic carbocycles. The third-order valence-corrected chi connectivity index (χ3v) is 4.86. The smallest absolute Gasteiger partial charge is 0.433 e. The van der Waals surface area contributed by atoms with Gasteiger partial charge in [0, 0.05) is 11.4 Å². The molecule has 1 aliphatic heterocycles. The number of nitrogens with one attached hydrogen (secondary N) is 1. The third kappa shape index (κ3) is 6.33. The highest BCUT2D eigenvalue weighted by Gasteiger charge is 2.51. The maximum Gasteiger partial charge on any atom is 0.433 e. The van der Waals surface area contributed by atoms with Gasteiger partial charge in [-0.15, -0.1) is 0 Å². The normalized spacial score (nSPS) is 18.0. The number of benzene rings is 2. The van der Waals surface area contributed by atoms with Crippen LogP contribution in [0.2, 0.25) is 0 Å². The van der Waals surface area contributed by atoms with Crippen molar-refractivity contribution in [1.29, 1.82) is 10.5 Å². The van der Waals surface area contributed by atoms with Gasteiger partial charge in [0.15, 0.2) is 0 Å². The van der Waals surface area contributed by atoms with E-state index in [2.05, 4.69) is 5.32 Å². The summed E-state index contributed by atoms with van der Waals surface area (Å²) in [5.74, 6) is -0.276. The van der Waals surface area contributed by atoms with Gasteiger partial charge in [0.25, 0.3) is 0 Å². The van der Waals surface area contributed by atoms with Gasteiger partial charge >= 0.3 is 12.4 Å². The number of alkyl halides is 6. The lowest BCUT2D eigenvalue weighted by atomic mass is 10.1. The van der Waals surface area contributed by atoms with E-state index in [0.29, 0.717) is 16.7 Å². The average Bonchev–Trinajstić information content (AvgIpc) is 3.23. The molecule has 0 aromatic heterocycles. The van der Waals surface area contributed by atoms with Crippen molar-refractivity contribution in [2.45, 2.75) is 31.1 Å². The third-order valence-electron chi connectivity index (χ3n) is 4.86. The van der Waals surface area contributed by atoms with Gasteiger partial charge in [0.1, 0.15) is 24.9 Å². The Morgan fingerprint density at radius 1 is 1.11 bits per heavy atom. The highest BCUT2D eigenvalue weighted by Crippen LogP contribution is 2.39. The maximum absolute atomic E-state index is 13.6. The fourth-order valence-electron chi connectivity index (χ4n) is 3.34. The van der Waals surface area contributed by atoms with E-state index in [4.69, 9.17) is 20.0 Å². The summed E-state index contributed by atoms with van der Waals surface area (Å²) in [6.45, 7) is -0.763. The second kappa shape index (κ2) is 10.1. The molecule has 1 N–H and O–H groups in total. The molecule has 1 aliphatic rings. The van der Waals surface area contributed by atoms with Crippen molar-refractivity contribution in [3.8, 4) is 17.9 Å². The molecule has 2 aromatic rings. The lowest BCUT2D eigenvalue weighted by molar-refractivity contribution is -0.215. The number of halogens is 6. The van der Waals surface area contributed by atoms with Crippen LogP contribution < -0.4 is 15.0 Å². The Labute approximate surface area is 195 Å². The predicted molar refractivity (Wildman–Crippen MR) is 109 cm³/mol. The quantitative estimate of drug-likeness (QED) is 0.585. The minimum absolute atomic E-state index is 0.242. The number of hydrogen-bond donors (Lipinski definition) is 1. The van der Waals surface area contributed by atoms with E-state index < -0.39 is 54.0 Å². The highest BCUT2D eigenvalue weighted by atomic mass is 19.4. The van der Waals surface area contributed by atoms with E-state index in [1.54, 1.807) is 6.07 Å². The molecule has 0 saturated carbocycles. The lowest BCUT2D eigenvalue weighted by Crippen LogP contribution is -2.42. The first-order chi connectivity index (χ1) is 16.4. The van der Waals surface area contributed by atoms with E-state index in [9.17, 15) is 31.1 Å². The van der Waals surface area contributed by atoms with Crippen LogP contribution in [-0.2, 0) is 15.7 Å². The van der Waals surface area contributed by atoms with Gasteiger partial charge in [-0.25, -0.2) is 0 Å². The molecule has 1 heterocycles. The minimum Gasteiger partial charge on any atom is -0.491 e. The lowest BCUT2D eigenvalue weighted by Gasteiger charge is -2.27. The van der Waals surface area contributed by atoms with Crippen LogP contribution in [0, 0.1) is 22.7 Å². The fourth-order valence-corrected chi connectivity index (χ4v) is 3.34. The van der Waals surface area contributed by atoms with Crippen LogP contribution in [0.15, 0.2) is 42.5 Å². The topological polar surface area (TPSA) is 98.4 Å². The van der Waals surface area contributed by atoms with Crippen molar-refractivity contribution >= 4 is 17.3 Å². The Hall–Kier alpha value is -3.97. The first-order valence-corrected chi connectivity index (χ1v) is 9.92. The van der Waals surface area contributed by atoms with Crippen LogP contribution >= 0.6 is 0 Å². The van der Waals surface area contributed by atoms with Crippen LogP contribution in [0.3, 0.4) is 0 Å². The number of ether oxygens (including phenoxy) is 2. The standard InChI is InChI=1S/C22H16F6N4O3/c23-21(24,25)18-9-15(4-1-13(18)10-30)32-11-17(35-20(32)22(26,27)28)12-34-16-5-2-14(3-6-16)31-19(33)7-8-29/h1-6,9,17,20H,7,11-12H2,(H,31,33). The molecule has 1 saturated heterocycles. The Balaban J connectivity index is 1.73. The van der Waals surface area contributed by atoms with Crippen LogP contribution in [0.4, 0.5) is 37.7 Å². The first kappa shape index (κ1) is 25.6. The van der Waals surface area contributed by atoms with Crippen molar-refractivity contribution < 1.29 is 40.6 Å². The summed E-state index contributed by atoms with van der Waals surface area (Å²) in [4.78, 5) is 12.0. The number of anilines is 2. The molecule has 2 unspecified atom stereocenters. The fraction of sp³-hybridized carbons (Fsp3) is 0.318. The van der Waals surface area contributed by atoms with Crippen LogP contribution in [0.5, 0.6) is 5.75 Å². The van der Waals surface area contributed by atoms with E-state index in [1.165, 1.54) is 30.3 Å². The molecule has 0 radical (unpaired) electrons. The number of carbonyl (C=O) groups excluding carboxylic acids is 1. The predicted octanol–water partition coefficient (Wildman–Crippen LogP) is 4.60. The Morgan fingerprint density at radius 2 is 1.80 bits per heavy atom. The van der Waals surface area contributed by atoms with Crippen molar-refractivity contribution in [3.05, 3.63) is 53.6 Å². The highest BCUT2D eigenvalue weighted by molar-refractivity contribution is 5.92. The number of amides is 1. The number of nitriles is 2. The average molecular weight is 498 g/mol. The van der Waals surface area contributed by atoms with Gasteiger partial charge in [0.05, 0.1) is 29.8 Å². The maximum atomic E-state index is 13.6. The molecule has 2 atom stereocenters. The Kier molecular flexibility index (Phi) is 7.41. The summed E-state index contributed by atoms with van der Waals surface area (Å²) < 4.78 is 91.1. The zero-order valence-corrected chi connectivity index (χ0v) is 17.7. The molecule has 184 valence electrons. The molecule has 0 bridgehead atoms. The molecule has 1 fully saturated rings. The van der Waals surface area contributed by atoms with Gasteiger partial charge in [-0.2, -0.15) is 36.9 Å². The summed E-state index contributed by atoms with van der Waals surface area (Å²) >= 11 is 0. The first-order valence-electron chi connectivity index (χ1n) is 9.92. The van der Waals surface area contributed by atoms with Crippen molar-refractivity contribution in [1.82, 2.24) is 0 Å². The van der Waals surface area contributed by atoms with Crippen LogP contribution in [0.25, 0.3) is 0 Å². The molecule has 13 heteroatoms. The molecule has 2 aromatic carbocycles. The van der Waals surface area contributed by atoms with Gasteiger partial charge in [-0.1, -0.05) is 0 Å². The second-order valence-corrected chi connectivity index (χ2v) is 7.36. The number of carbonyl (C=O) groups is 1. The number of nitrogens with zero attached hydrogens (tertiary/aromatic N) is 3. The van der Waals surface area contributed by atoms with E-state index in [1.807, 2.05) is 0 Å². The summed E-state index contributed by atoms with van der Waals surface area (Å²) in [6.07, 6.45) is -13.8. The SMILES string of the molecule is N#CCC(=O)Nc1ccc(OCC2CN(c3ccc(C#N)c(C(F)(F)F)c3)C(C(F)(F)F)O2)cc1. The van der Waals surface area contributed by atoms with Crippen molar-refractivity contribution in [2.24, 2.45) is 0 Å². The summed E-state index contributed by atoms with van der Waals surface area (Å²) in [5, 5.41) is 19.9. The molecular weight excluding hydrogens is 482 g/mol. The molecule has 35 heavy (non-hydrogen) atoms. The molecular formula is C22H16F6N4O3. The molecule has 7 nitrogen and oxygen atoms in total. The number of rotatable bonds is 6. The van der Waals surface area contributed by atoms with Crippen molar-refractivity contribution in [3.63, 3.8) is 0 Å². The van der Waals surface area contributed by atoms with Gasteiger partial charge in [-0.05, 0) is 42.5 Å². The van der Waals surface area contributed by atoms with Crippen molar-refractivity contribution in [2.75, 3.05) is 23.4 Å². The summed E-state index contributed by atoms with van der Waals surface area (Å²) in [7, 11) is 0. The van der Waals surface area contributed by atoms with E-state index in [-0.39, 0.29) is 18.8 Å². The molecule has 1 amide bonds. The van der Waals surface area contributed by atoms with Gasteiger partial charge in [-0.3, -0.25) is 4.79 Å². The second-order valence-electron chi connectivity index (χ2n) is 7.36. The summed E-state index contributed by atoms with van der Waals surface area (Å²) in [5.41, 5.74) is -2.09. The summed E-state index contributed by atoms with van der Waals surface area (Å²) in [6, 6.07) is 11.2. The Bertz CT molecular complexity index is 1150. The van der Waals surface area contributed by atoms with E-state index in [0.717, 1.165) is 12.1 Å². The zero-order valence-electron chi connectivity index (χ0n) is 17.7. The van der Waals surface area contributed by atoms with Gasteiger partial charge < -0.3 is 19.7 Å². The van der Waals surface area contributed by atoms with Gasteiger partial charge in [0.2, 0.25) is 12.1 Å².